The number of carbonyl (C=O) groups excluding carboxylic acids is 2. The highest BCUT2D eigenvalue weighted by atomic mass is 32.2. The van der Waals surface area contributed by atoms with Crippen LogP contribution >= 0.6 is 11.3 Å². The van der Waals surface area contributed by atoms with E-state index in [1.165, 1.54) is 11.3 Å². The molecule has 0 saturated carbocycles. The third-order valence-electron chi connectivity index (χ3n) is 5.38. The van der Waals surface area contributed by atoms with E-state index in [1.807, 2.05) is 43.0 Å². The molecule has 174 valence electrons. The van der Waals surface area contributed by atoms with Crippen LogP contribution in [0.15, 0.2) is 30.3 Å². The Morgan fingerprint density at radius 3 is 2.31 bits per heavy atom. The minimum atomic E-state index is -3.21. The van der Waals surface area contributed by atoms with Gasteiger partial charge >= 0.3 is 0 Å². The highest BCUT2D eigenvalue weighted by molar-refractivity contribution is 7.88. The molecule has 2 heterocycles. The fourth-order valence-corrected chi connectivity index (χ4v) is 5.09. The van der Waals surface area contributed by atoms with Crippen LogP contribution in [-0.4, -0.2) is 75.6 Å². The Kier molecular flexibility index (Phi) is 8.05. The van der Waals surface area contributed by atoms with E-state index in [2.05, 4.69) is 14.9 Å². The number of nitrogens with zero attached hydrogens (tertiary/aromatic N) is 2. The van der Waals surface area contributed by atoms with E-state index < -0.39 is 10.0 Å². The summed E-state index contributed by atoms with van der Waals surface area (Å²) in [5.41, 5.74) is 2.94. The summed E-state index contributed by atoms with van der Waals surface area (Å²) in [7, 11) is -3.21. The number of thiophene rings is 1. The van der Waals surface area contributed by atoms with Crippen molar-refractivity contribution in [1.29, 1.82) is 0 Å². The molecule has 0 atom stereocenters. The van der Waals surface area contributed by atoms with Crippen molar-refractivity contribution in [2.24, 2.45) is 0 Å². The Bertz CT molecular complexity index is 1050. The standard InChI is InChI=1S/C22H30N4O4S2/c1-16-5-4-6-17(2)21(16)24-20(27)15-25-11-13-26(14-12-25)22(28)19-8-7-18(31-19)9-10-23-32(3,29)30/h4-8,23H,9-15H2,1-3H3,(H,24,27). The van der Waals surface area contributed by atoms with Gasteiger partial charge in [-0.3, -0.25) is 14.5 Å². The molecule has 1 fully saturated rings. The Balaban J connectivity index is 1.46. The molecular weight excluding hydrogens is 448 g/mol. The zero-order valence-electron chi connectivity index (χ0n) is 18.7. The number of hydrogen-bond acceptors (Lipinski definition) is 6. The zero-order chi connectivity index (χ0) is 23.3. The number of piperazine rings is 1. The van der Waals surface area contributed by atoms with Crippen molar-refractivity contribution in [3.8, 4) is 0 Å². The molecule has 8 nitrogen and oxygen atoms in total. The van der Waals surface area contributed by atoms with E-state index in [1.54, 1.807) is 6.07 Å². The van der Waals surface area contributed by atoms with Crippen LogP contribution in [0.3, 0.4) is 0 Å². The van der Waals surface area contributed by atoms with Crippen molar-refractivity contribution >= 4 is 38.9 Å². The number of carbonyl (C=O) groups is 2. The van der Waals surface area contributed by atoms with Crippen LogP contribution in [0.4, 0.5) is 5.69 Å². The van der Waals surface area contributed by atoms with Gasteiger partial charge in [0.15, 0.2) is 0 Å². The van der Waals surface area contributed by atoms with E-state index in [9.17, 15) is 18.0 Å². The number of sulfonamides is 1. The van der Waals surface area contributed by atoms with Gasteiger partial charge in [-0.25, -0.2) is 13.1 Å². The molecule has 0 aliphatic carbocycles. The molecule has 2 amide bonds. The fraction of sp³-hybridized carbons (Fsp3) is 0.455. The lowest BCUT2D eigenvalue weighted by Crippen LogP contribution is -2.50. The fourth-order valence-electron chi connectivity index (χ4n) is 3.65. The summed E-state index contributed by atoms with van der Waals surface area (Å²) in [4.78, 5) is 30.8. The number of nitrogens with one attached hydrogen (secondary N) is 2. The van der Waals surface area contributed by atoms with Crippen LogP contribution in [-0.2, 0) is 21.2 Å². The molecule has 1 aromatic carbocycles. The molecule has 1 saturated heterocycles. The van der Waals surface area contributed by atoms with Gasteiger partial charge in [0.05, 0.1) is 17.7 Å². The Labute approximate surface area is 193 Å². The van der Waals surface area contributed by atoms with Gasteiger partial charge in [0, 0.05) is 43.3 Å². The quantitative estimate of drug-likeness (QED) is 0.603. The van der Waals surface area contributed by atoms with Crippen molar-refractivity contribution in [2.45, 2.75) is 20.3 Å². The van der Waals surface area contributed by atoms with Crippen molar-refractivity contribution in [3.63, 3.8) is 0 Å². The number of rotatable bonds is 8. The van der Waals surface area contributed by atoms with E-state index in [4.69, 9.17) is 0 Å². The van der Waals surface area contributed by atoms with Gasteiger partial charge < -0.3 is 10.2 Å². The predicted molar refractivity (Wildman–Crippen MR) is 128 cm³/mol. The Morgan fingerprint density at radius 2 is 1.69 bits per heavy atom. The second-order valence-corrected chi connectivity index (χ2v) is 11.1. The van der Waals surface area contributed by atoms with Crippen molar-refractivity contribution in [3.05, 3.63) is 51.2 Å². The first kappa shape index (κ1) is 24.4. The van der Waals surface area contributed by atoms with Crippen LogP contribution in [0.2, 0.25) is 0 Å². The molecule has 0 unspecified atom stereocenters. The molecule has 0 radical (unpaired) electrons. The summed E-state index contributed by atoms with van der Waals surface area (Å²) < 4.78 is 24.8. The summed E-state index contributed by atoms with van der Waals surface area (Å²) in [6.45, 7) is 6.99. The first-order valence-corrected chi connectivity index (χ1v) is 13.2. The van der Waals surface area contributed by atoms with Crippen LogP contribution in [0.5, 0.6) is 0 Å². The van der Waals surface area contributed by atoms with E-state index in [-0.39, 0.29) is 11.8 Å². The average Bonchev–Trinajstić information content (AvgIpc) is 3.19. The largest absolute Gasteiger partial charge is 0.335 e. The van der Waals surface area contributed by atoms with E-state index in [0.29, 0.717) is 50.6 Å². The van der Waals surface area contributed by atoms with E-state index in [0.717, 1.165) is 27.9 Å². The Morgan fingerprint density at radius 1 is 1.03 bits per heavy atom. The average molecular weight is 479 g/mol. The summed E-state index contributed by atoms with van der Waals surface area (Å²) in [5.74, 6) is -0.0651. The second-order valence-electron chi connectivity index (χ2n) is 8.07. The van der Waals surface area contributed by atoms with E-state index >= 15 is 0 Å². The lowest BCUT2D eigenvalue weighted by Gasteiger charge is -2.34. The number of para-hydroxylation sites is 1. The molecule has 2 aromatic rings. The highest BCUT2D eigenvalue weighted by Crippen LogP contribution is 2.21. The topological polar surface area (TPSA) is 98.8 Å². The van der Waals surface area contributed by atoms with Crippen LogP contribution < -0.4 is 10.0 Å². The van der Waals surface area contributed by atoms with Gasteiger partial charge in [-0.2, -0.15) is 0 Å². The summed E-state index contributed by atoms with van der Waals surface area (Å²) in [6, 6.07) is 9.60. The lowest BCUT2D eigenvalue weighted by atomic mass is 10.1. The normalized spacial score (nSPS) is 15.0. The molecule has 0 bridgehead atoms. The first-order chi connectivity index (χ1) is 15.1. The molecule has 1 aliphatic rings. The van der Waals surface area contributed by atoms with Crippen LogP contribution in [0, 0.1) is 13.8 Å². The SMILES string of the molecule is Cc1cccc(C)c1NC(=O)CN1CCN(C(=O)c2ccc(CCNS(C)(=O)=O)s2)CC1. The van der Waals surface area contributed by atoms with Crippen LogP contribution in [0.25, 0.3) is 0 Å². The monoisotopic (exact) mass is 478 g/mol. The number of benzene rings is 1. The molecule has 3 rings (SSSR count). The number of amides is 2. The van der Waals surface area contributed by atoms with Crippen molar-refractivity contribution < 1.29 is 18.0 Å². The molecule has 1 aliphatic heterocycles. The lowest BCUT2D eigenvalue weighted by molar-refractivity contribution is -0.117. The van der Waals surface area contributed by atoms with Gasteiger partial charge in [-0.15, -0.1) is 11.3 Å². The predicted octanol–water partition coefficient (Wildman–Crippen LogP) is 1.85. The third-order valence-corrected chi connectivity index (χ3v) is 7.24. The minimum Gasteiger partial charge on any atom is -0.335 e. The number of anilines is 1. The highest BCUT2D eigenvalue weighted by Gasteiger charge is 2.24. The number of hydrogen-bond donors (Lipinski definition) is 2. The van der Waals surface area contributed by atoms with Gasteiger partial charge in [-0.1, -0.05) is 18.2 Å². The Hall–Kier alpha value is -2.27. The first-order valence-electron chi connectivity index (χ1n) is 10.5. The van der Waals surface area contributed by atoms with Gasteiger partial charge in [0.1, 0.15) is 0 Å². The van der Waals surface area contributed by atoms with Gasteiger partial charge in [-0.05, 0) is 43.5 Å². The summed E-state index contributed by atoms with van der Waals surface area (Å²) in [6.07, 6.45) is 1.68. The molecular formula is C22H30N4O4S2. The van der Waals surface area contributed by atoms with Crippen molar-refractivity contribution in [1.82, 2.24) is 14.5 Å². The van der Waals surface area contributed by atoms with Gasteiger partial charge in [0.25, 0.3) is 5.91 Å². The maximum absolute atomic E-state index is 12.8. The molecule has 32 heavy (non-hydrogen) atoms. The molecule has 10 heteroatoms. The minimum absolute atomic E-state index is 0.0167. The molecule has 0 spiro atoms. The molecule has 2 N–H and O–H groups in total. The van der Waals surface area contributed by atoms with Crippen LogP contribution in [0.1, 0.15) is 25.7 Å². The third kappa shape index (κ3) is 6.86. The smallest absolute Gasteiger partial charge is 0.264 e. The number of aryl methyl sites for hydroxylation is 2. The maximum atomic E-state index is 12.8. The van der Waals surface area contributed by atoms with Gasteiger partial charge in [0.2, 0.25) is 15.9 Å². The van der Waals surface area contributed by atoms with Crippen molar-refractivity contribution in [2.75, 3.05) is 50.8 Å². The summed E-state index contributed by atoms with van der Waals surface area (Å²) in [5, 5.41) is 3.01. The second kappa shape index (κ2) is 10.6. The summed E-state index contributed by atoms with van der Waals surface area (Å²) >= 11 is 1.40. The zero-order valence-corrected chi connectivity index (χ0v) is 20.3. The molecule has 1 aromatic heterocycles. The maximum Gasteiger partial charge on any atom is 0.264 e.